The first kappa shape index (κ1) is 21.4. The van der Waals surface area contributed by atoms with E-state index in [1.54, 1.807) is 6.92 Å². The van der Waals surface area contributed by atoms with E-state index in [-0.39, 0.29) is 5.97 Å². The zero-order valence-corrected chi connectivity index (χ0v) is 15.1. The largest absolute Gasteiger partial charge is 0.371 e. The van der Waals surface area contributed by atoms with Gasteiger partial charge in [0.1, 0.15) is 0 Å². The van der Waals surface area contributed by atoms with Crippen LogP contribution in [-0.2, 0) is 9.63 Å². The molecular weight excluding hydrogens is 274 g/mol. The van der Waals surface area contributed by atoms with Crippen LogP contribution in [0.2, 0.25) is 0 Å². The van der Waals surface area contributed by atoms with Crippen molar-refractivity contribution in [2.24, 2.45) is 0 Å². The van der Waals surface area contributed by atoms with Crippen LogP contribution in [0.4, 0.5) is 0 Å². The second-order valence-electron chi connectivity index (χ2n) is 6.32. The number of carbonyl (C=O) groups excluding carboxylic acids is 1. The van der Waals surface area contributed by atoms with E-state index in [1.807, 2.05) is 0 Å². The van der Waals surface area contributed by atoms with E-state index in [0.29, 0.717) is 6.42 Å². The van der Waals surface area contributed by atoms with Crippen LogP contribution in [0, 0.1) is 0 Å². The Morgan fingerprint density at radius 3 is 1.50 bits per heavy atom. The van der Waals surface area contributed by atoms with Crippen molar-refractivity contribution in [1.29, 1.82) is 0 Å². The molecule has 0 radical (unpaired) electrons. The normalized spacial score (nSPS) is 10.8. The summed E-state index contributed by atoms with van der Waals surface area (Å²) in [5, 5.41) is 0. The van der Waals surface area contributed by atoms with Crippen molar-refractivity contribution >= 4 is 5.97 Å². The third-order valence-corrected chi connectivity index (χ3v) is 4.11. The Bertz CT molecular complexity index is 231. The van der Waals surface area contributed by atoms with Crippen molar-refractivity contribution in [2.75, 3.05) is 6.54 Å². The van der Waals surface area contributed by atoms with Gasteiger partial charge in [-0.1, -0.05) is 97.3 Å². The molecule has 0 aliphatic carbocycles. The van der Waals surface area contributed by atoms with Crippen LogP contribution < -0.4 is 5.48 Å². The number of carbonyl (C=O) groups is 1. The first-order chi connectivity index (χ1) is 10.8. The van der Waals surface area contributed by atoms with Crippen molar-refractivity contribution < 1.29 is 9.63 Å². The molecular formula is C19H39NO2. The fourth-order valence-electron chi connectivity index (χ4n) is 2.60. The number of rotatable bonds is 17. The summed E-state index contributed by atoms with van der Waals surface area (Å²) in [6, 6.07) is 0. The highest BCUT2D eigenvalue weighted by Gasteiger charge is 1.97. The lowest BCUT2D eigenvalue weighted by Crippen LogP contribution is -2.20. The van der Waals surface area contributed by atoms with Crippen molar-refractivity contribution in [3.8, 4) is 0 Å². The molecule has 0 aliphatic rings. The molecule has 0 saturated heterocycles. The van der Waals surface area contributed by atoms with Gasteiger partial charge in [-0.15, -0.1) is 0 Å². The van der Waals surface area contributed by atoms with Gasteiger partial charge in [-0.05, 0) is 6.42 Å². The Kier molecular flexibility index (Phi) is 18.0. The highest BCUT2D eigenvalue weighted by molar-refractivity contribution is 5.68. The average Bonchev–Trinajstić information content (AvgIpc) is 2.54. The SMILES string of the molecule is CCCCCCCCCCCCCCCCNOC(=O)CC. The van der Waals surface area contributed by atoms with E-state index in [4.69, 9.17) is 4.84 Å². The summed E-state index contributed by atoms with van der Waals surface area (Å²) in [6.07, 6.45) is 19.6. The second kappa shape index (κ2) is 18.5. The number of hydroxylamine groups is 1. The first-order valence-electron chi connectivity index (χ1n) is 9.73. The Hall–Kier alpha value is -0.570. The molecule has 1 N–H and O–H groups in total. The third-order valence-electron chi connectivity index (χ3n) is 4.11. The predicted octanol–water partition coefficient (Wildman–Crippen LogP) is 5.93. The van der Waals surface area contributed by atoms with Crippen molar-refractivity contribution in [3.05, 3.63) is 0 Å². The molecule has 132 valence electrons. The maximum atomic E-state index is 10.9. The Morgan fingerprint density at radius 2 is 1.09 bits per heavy atom. The van der Waals surface area contributed by atoms with Crippen LogP contribution in [0.1, 0.15) is 110 Å². The van der Waals surface area contributed by atoms with Crippen LogP contribution in [0.25, 0.3) is 0 Å². The zero-order valence-electron chi connectivity index (χ0n) is 15.1. The molecule has 0 saturated carbocycles. The van der Waals surface area contributed by atoms with Gasteiger partial charge in [0.05, 0.1) is 0 Å². The monoisotopic (exact) mass is 313 g/mol. The van der Waals surface area contributed by atoms with E-state index in [2.05, 4.69) is 12.4 Å². The van der Waals surface area contributed by atoms with E-state index >= 15 is 0 Å². The van der Waals surface area contributed by atoms with Gasteiger partial charge in [0.25, 0.3) is 0 Å². The quantitative estimate of drug-likeness (QED) is 0.267. The number of nitrogens with one attached hydrogen (secondary N) is 1. The van der Waals surface area contributed by atoms with E-state index < -0.39 is 0 Å². The topological polar surface area (TPSA) is 38.3 Å². The van der Waals surface area contributed by atoms with Crippen molar-refractivity contribution in [2.45, 2.75) is 110 Å². The Morgan fingerprint density at radius 1 is 0.682 bits per heavy atom. The van der Waals surface area contributed by atoms with Crippen LogP contribution in [-0.4, -0.2) is 12.5 Å². The minimum Gasteiger partial charge on any atom is -0.371 e. The van der Waals surface area contributed by atoms with Crippen LogP contribution in [0.5, 0.6) is 0 Å². The second-order valence-corrected chi connectivity index (χ2v) is 6.32. The molecule has 0 aromatic heterocycles. The van der Waals surface area contributed by atoms with Crippen molar-refractivity contribution in [3.63, 3.8) is 0 Å². The Balaban J connectivity index is 2.98. The third kappa shape index (κ3) is 17.5. The van der Waals surface area contributed by atoms with Gasteiger partial charge in [0.2, 0.25) is 0 Å². The summed E-state index contributed by atoms with van der Waals surface area (Å²) >= 11 is 0. The van der Waals surface area contributed by atoms with Crippen LogP contribution in [0.15, 0.2) is 0 Å². The maximum absolute atomic E-state index is 10.9. The van der Waals surface area contributed by atoms with Gasteiger partial charge in [0.15, 0.2) is 0 Å². The highest BCUT2D eigenvalue weighted by atomic mass is 16.7. The molecule has 0 spiro atoms. The van der Waals surface area contributed by atoms with Crippen LogP contribution >= 0.6 is 0 Å². The van der Waals surface area contributed by atoms with Crippen LogP contribution in [0.3, 0.4) is 0 Å². The molecule has 0 aromatic rings. The molecule has 22 heavy (non-hydrogen) atoms. The van der Waals surface area contributed by atoms with Gasteiger partial charge in [-0.2, -0.15) is 5.48 Å². The highest BCUT2D eigenvalue weighted by Crippen LogP contribution is 2.12. The average molecular weight is 314 g/mol. The first-order valence-corrected chi connectivity index (χ1v) is 9.73. The molecule has 0 unspecified atom stereocenters. The molecule has 0 aliphatic heterocycles. The standard InChI is InChI=1S/C19H39NO2/c1-3-5-6-7-8-9-10-11-12-13-14-15-16-17-18-20-22-19(21)4-2/h20H,3-18H2,1-2H3. The molecule has 3 heteroatoms. The van der Waals surface area contributed by atoms with E-state index in [0.717, 1.165) is 13.0 Å². The molecule has 0 fully saturated rings. The van der Waals surface area contributed by atoms with Gasteiger partial charge < -0.3 is 4.84 Å². The fraction of sp³-hybridized carbons (Fsp3) is 0.947. The maximum Gasteiger partial charge on any atom is 0.324 e. The lowest BCUT2D eigenvalue weighted by atomic mass is 10.0. The molecule has 0 aromatic carbocycles. The summed E-state index contributed by atoms with van der Waals surface area (Å²) < 4.78 is 0. The Labute approximate surface area is 138 Å². The number of hydrogen-bond donors (Lipinski definition) is 1. The number of unbranched alkanes of at least 4 members (excludes halogenated alkanes) is 13. The molecule has 0 heterocycles. The van der Waals surface area contributed by atoms with Gasteiger partial charge >= 0.3 is 5.97 Å². The summed E-state index contributed by atoms with van der Waals surface area (Å²) in [5.41, 5.74) is 2.73. The molecule has 3 nitrogen and oxygen atoms in total. The summed E-state index contributed by atoms with van der Waals surface area (Å²) in [6.45, 7) is 4.86. The molecule has 0 amide bonds. The lowest BCUT2D eigenvalue weighted by Gasteiger charge is -2.05. The van der Waals surface area contributed by atoms with Crippen molar-refractivity contribution in [1.82, 2.24) is 5.48 Å². The fourth-order valence-corrected chi connectivity index (χ4v) is 2.60. The molecule has 0 bridgehead atoms. The molecule has 0 rings (SSSR count). The van der Waals surface area contributed by atoms with Gasteiger partial charge in [0, 0.05) is 13.0 Å². The van der Waals surface area contributed by atoms with E-state index in [9.17, 15) is 4.79 Å². The van der Waals surface area contributed by atoms with Gasteiger partial charge in [-0.25, -0.2) is 0 Å². The minimum absolute atomic E-state index is 0.176. The molecule has 0 atom stereocenters. The summed E-state index contributed by atoms with van der Waals surface area (Å²) in [5.74, 6) is -0.176. The predicted molar refractivity (Wildman–Crippen MR) is 94.7 cm³/mol. The zero-order chi connectivity index (χ0) is 16.3. The lowest BCUT2D eigenvalue weighted by molar-refractivity contribution is -0.150. The summed E-state index contributed by atoms with van der Waals surface area (Å²) in [4.78, 5) is 15.7. The smallest absolute Gasteiger partial charge is 0.324 e. The number of hydrogen-bond acceptors (Lipinski definition) is 3. The van der Waals surface area contributed by atoms with Gasteiger partial charge in [-0.3, -0.25) is 4.79 Å². The summed E-state index contributed by atoms with van der Waals surface area (Å²) in [7, 11) is 0. The van der Waals surface area contributed by atoms with E-state index in [1.165, 1.54) is 83.5 Å². The minimum atomic E-state index is -0.176.